The van der Waals surface area contributed by atoms with Crippen molar-refractivity contribution in [3.05, 3.63) is 29.8 Å². The summed E-state index contributed by atoms with van der Waals surface area (Å²) >= 11 is 0. The molecule has 20 heavy (non-hydrogen) atoms. The highest BCUT2D eigenvalue weighted by atomic mass is 35.5. The van der Waals surface area contributed by atoms with Gasteiger partial charge in [-0.1, -0.05) is 18.2 Å². The monoisotopic (exact) mass is 318 g/mol. The van der Waals surface area contributed by atoms with Crippen LogP contribution in [0, 0.1) is 5.92 Å². The lowest BCUT2D eigenvalue weighted by molar-refractivity contribution is 0.153. The van der Waals surface area contributed by atoms with Crippen LogP contribution in [-0.4, -0.2) is 38.2 Å². The van der Waals surface area contributed by atoms with Gasteiger partial charge in [-0.2, -0.15) is 0 Å². The highest BCUT2D eigenvalue weighted by Crippen LogP contribution is 2.46. The fourth-order valence-corrected chi connectivity index (χ4v) is 3.03. The molecule has 1 N–H and O–H groups in total. The number of nitrogens with zero attached hydrogens (tertiary/aromatic N) is 1. The number of methoxy groups -OCH3 is 1. The third-order valence-corrected chi connectivity index (χ3v) is 4.07. The van der Waals surface area contributed by atoms with Crippen LogP contribution in [0.25, 0.3) is 0 Å². The number of halogens is 2. The highest BCUT2D eigenvalue weighted by molar-refractivity contribution is 5.85. The Morgan fingerprint density at radius 3 is 2.40 bits per heavy atom. The second-order valence-electron chi connectivity index (χ2n) is 5.31. The highest BCUT2D eigenvalue weighted by Gasteiger charge is 2.37. The first-order valence-corrected chi connectivity index (χ1v) is 6.98. The number of hydrogen-bond donors (Lipinski definition) is 1. The lowest BCUT2D eigenvalue weighted by atomic mass is 9.99. The maximum absolute atomic E-state index is 5.55. The average molecular weight is 319 g/mol. The number of piperazine rings is 1. The molecule has 1 aliphatic carbocycles. The van der Waals surface area contributed by atoms with Gasteiger partial charge in [0.2, 0.25) is 0 Å². The fraction of sp³-hybridized carbons (Fsp3) is 0.600. The van der Waals surface area contributed by atoms with Gasteiger partial charge in [0.25, 0.3) is 0 Å². The molecule has 114 valence electrons. The van der Waals surface area contributed by atoms with Crippen LogP contribution in [0.5, 0.6) is 5.75 Å². The topological polar surface area (TPSA) is 24.5 Å². The lowest BCUT2D eigenvalue weighted by Gasteiger charge is -2.36. The van der Waals surface area contributed by atoms with Gasteiger partial charge in [-0.15, -0.1) is 24.8 Å². The SMILES string of the molecule is COc1ccccc1[C@H](C1CC1)N1CCNCC1.Cl.Cl. The van der Waals surface area contributed by atoms with Crippen molar-refractivity contribution in [1.29, 1.82) is 0 Å². The first-order chi connectivity index (χ1) is 8.90. The molecule has 0 unspecified atom stereocenters. The number of hydrogen-bond acceptors (Lipinski definition) is 3. The molecule has 1 aromatic carbocycles. The summed E-state index contributed by atoms with van der Waals surface area (Å²) < 4.78 is 5.55. The van der Waals surface area contributed by atoms with E-state index >= 15 is 0 Å². The first kappa shape index (κ1) is 17.6. The minimum Gasteiger partial charge on any atom is -0.496 e. The van der Waals surface area contributed by atoms with Crippen LogP contribution in [0.15, 0.2) is 24.3 Å². The van der Waals surface area contributed by atoms with E-state index in [0.29, 0.717) is 6.04 Å². The Kier molecular flexibility index (Phi) is 7.10. The number of ether oxygens (including phenoxy) is 1. The van der Waals surface area contributed by atoms with Crippen molar-refractivity contribution in [2.75, 3.05) is 33.3 Å². The minimum atomic E-state index is 0. The summed E-state index contributed by atoms with van der Waals surface area (Å²) in [6.07, 6.45) is 2.74. The molecular formula is C15H24Cl2N2O. The van der Waals surface area contributed by atoms with Crippen molar-refractivity contribution in [1.82, 2.24) is 10.2 Å². The van der Waals surface area contributed by atoms with Gasteiger partial charge in [0.1, 0.15) is 5.75 Å². The molecule has 1 aliphatic heterocycles. The molecule has 0 radical (unpaired) electrons. The molecule has 1 atom stereocenters. The predicted molar refractivity (Wildman–Crippen MR) is 87.4 cm³/mol. The standard InChI is InChI=1S/C15H22N2O.2ClH/c1-18-14-5-3-2-4-13(14)15(12-6-7-12)17-10-8-16-9-11-17;;/h2-5,12,15-16H,6-11H2,1H3;2*1H/t15-;;/m0../s1. The normalized spacial score (nSPS) is 20.4. The van der Waals surface area contributed by atoms with Crippen molar-refractivity contribution in [3.63, 3.8) is 0 Å². The molecule has 0 spiro atoms. The third-order valence-electron chi connectivity index (χ3n) is 4.07. The van der Waals surface area contributed by atoms with Gasteiger partial charge < -0.3 is 10.1 Å². The number of para-hydroxylation sites is 1. The van der Waals surface area contributed by atoms with E-state index in [0.717, 1.165) is 37.8 Å². The summed E-state index contributed by atoms with van der Waals surface area (Å²) in [5.41, 5.74) is 1.38. The zero-order chi connectivity index (χ0) is 12.4. The van der Waals surface area contributed by atoms with Crippen LogP contribution in [-0.2, 0) is 0 Å². The van der Waals surface area contributed by atoms with Crippen molar-refractivity contribution >= 4 is 24.8 Å². The van der Waals surface area contributed by atoms with Crippen molar-refractivity contribution in [2.45, 2.75) is 18.9 Å². The Morgan fingerprint density at radius 1 is 1.15 bits per heavy atom. The molecule has 0 aromatic heterocycles. The second-order valence-corrected chi connectivity index (χ2v) is 5.31. The molecule has 0 amide bonds. The lowest BCUT2D eigenvalue weighted by Crippen LogP contribution is -2.45. The molecule has 1 saturated heterocycles. The fourth-order valence-electron chi connectivity index (χ4n) is 3.03. The third kappa shape index (κ3) is 3.79. The Labute approximate surface area is 133 Å². The van der Waals surface area contributed by atoms with E-state index in [9.17, 15) is 0 Å². The number of benzene rings is 1. The van der Waals surface area contributed by atoms with Crippen LogP contribution < -0.4 is 10.1 Å². The van der Waals surface area contributed by atoms with E-state index in [-0.39, 0.29) is 24.8 Å². The summed E-state index contributed by atoms with van der Waals surface area (Å²) in [5, 5.41) is 3.44. The molecule has 1 saturated carbocycles. The number of nitrogens with one attached hydrogen (secondary N) is 1. The Bertz CT molecular complexity index is 407. The summed E-state index contributed by atoms with van der Waals surface area (Å²) in [6, 6.07) is 9.08. The van der Waals surface area contributed by atoms with E-state index in [2.05, 4.69) is 34.5 Å². The van der Waals surface area contributed by atoms with E-state index in [1.54, 1.807) is 7.11 Å². The molecule has 3 rings (SSSR count). The van der Waals surface area contributed by atoms with Gasteiger partial charge in [0.05, 0.1) is 7.11 Å². The van der Waals surface area contributed by atoms with E-state index in [1.807, 2.05) is 0 Å². The zero-order valence-corrected chi connectivity index (χ0v) is 13.5. The summed E-state index contributed by atoms with van der Waals surface area (Å²) in [7, 11) is 1.78. The van der Waals surface area contributed by atoms with Gasteiger partial charge in [-0.25, -0.2) is 0 Å². The van der Waals surface area contributed by atoms with Crippen molar-refractivity contribution in [3.8, 4) is 5.75 Å². The summed E-state index contributed by atoms with van der Waals surface area (Å²) in [5.74, 6) is 1.88. The Balaban J connectivity index is 0.000001000. The average Bonchev–Trinajstić information content (AvgIpc) is 3.26. The summed E-state index contributed by atoms with van der Waals surface area (Å²) in [4.78, 5) is 2.63. The van der Waals surface area contributed by atoms with Crippen molar-refractivity contribution < 1.29 is 4.74 Å². The van der Waals surface area contributed by atoms with Gasteiger partial charge >= 0.3 is 0 Å². The van der Waals surface area contributed by atoms with Gasteiger partial charge in [-0.3, -0.25) is 4.90 Å². The van der Waals surface area contributed by atoms with E-state index < -0.39 is 0 Å². The summed E-state index contributed by atoms with van der Waals surface area (Å²) in [6.45, 7) is 4.52. The Hall–Kier alpha value is -0.480. The molecule has 5 heteroatoms. The van der Waals surface area contributed by atoms with Gasteiger partial charge in [0.15, 0.2) is 0 Å². The van der Waals surface area contributed by atoms with Gasteiger partial charge in [0, 0.05) is 37.8 Å². The van der Waals surface area contributed by atoms with Crippen LogP contribution in [0.1, 0.15) is 24.4 Å². The maximum atomic E-state index is 5.55. The second kappa shape index (κ2) is 8.08. The molecule has 1 aromatic rings. The van der Waals surface area contributed by atoms with Crippen LogP contribution in [0.2, 0.25) is 0 Å². The van der Waals surface area contributed by atoms with Crippen LogP contribution in [0.4, 0.5) is 0 Å². The van der Waals surface area contributed by atoms with Crippen LogP contribution in [0.3, 0.4) is 0 Å². The van der Waals surface area contributed by atoms with E-state index in [1.165, 1.54) is 18.4 Å². The van der Waals surface area contributed by atoms with Crippen LogP contribution >= 0.6 is 24.8 Å². The zero-order valence-electron chi connectivity index (χ0n) is 11.9. The molecule has 1 heterocycles. The predicted octanol–water partition coefficient (Wildman–Crippen LogP) is 2.90. The molecular weight excluding hydrogens is 295 g/mol. The molecule has 2 aliphatic rings. The molecule has 2 fully saturated rings. The van der Waals surface area contributed by atoms with E-state index in [4.69, 9.17) is 4.74 Å². The van der Waals surface area contributed by atoms with Gasteiger partial charge in [-0.05, 0) is 24.8 Å². The largest absolute Gasteiger partial charge is 0.496 e. The molecule has 0 bridgehead atoms. The van der Waals surface area contributed by atoms with Crippen molar-refractivity contribution in [2.24, 2.45) is 5.92 Å². The number of rotatable bonds is 4. The smallest absolute Gasteiger partial charge is 0.123 e. The quantitative estimate of drug-likeness (QED) is 0.923. The minimum absolute atomic E-state index is 0. The Morgan fingerprint density at radius 2 is 1.80 bits per heavy atom. The first-order valence-electron chi connectivity index (χ1n) is 6.98. The maximum Gasteiger partial charge on any atom is 0.123 e. The molecule has 3 nitrogen and oxygen atoms in total.